The molecule has 1 aromatic rings. The summed E-state index contributed by atoms with van der Waals surface area (Å²) in [6, 6.07) is 7.76. The van der Waals surface area contributed by atoms with Gasteiger partial charge in [-0.3, -0.25) is 0 Å². The Balaban J connectivity index is 1.99. The van der Waals surface area contributed by atoms with Crippen LogP contribution >= 0.6 is 0 Å². The molecule has 1 aliphatic rings. The third-order valence-corrected chi connectivity index (χ3v) is 3.02. The highest BCUT2D eigenvalue weighted by atomic mass is 16.5. The van der Waals surface area contributed by atoms with E-state index in [1.807, 2.05) is 38.1 Å². The molecule has 1 aliphatic carbocycles. The molecule has 0 aromatic heterocycles. The first-order valence-corrected chi connectivity index (χ1v) is 6.32. The summed E-state index contributed by atoms with van der Waals surface area (Å²) >= 11 is 0. The molecule has 94 valence electrons. The molecule has 1 atom stereocenters. The van der Waals surface area contributed by atoms with Gasteiger partial charge in [-0.05, 0) is 44.0 Å². The second-order valence-corrected chi connectivity index (χ2v) is 4.90. The second-order valence-electron chi connectivity index (χ2n) is 4.90. The number of hydrogen-bond donors (Lipinski definition) is 2. The van der Waals surface area contributed by atoms with Crippen molar-refractivity contribution in [2.45, 2.75) is 38.4 Å². The van der Waals surface area contributed by atoms with Crippen molar-refractivity contribution in [2.75, 3.05) is 13.1 Å². The van der Waals surface area contributed by atoms with Crippen LogP contribution in [0, 0.1) is 0 Å². The largest absolute Gasteiger partial charge is 0.490 e. The molecule has 3 nitrogen and oxygen atoms in total. The Hall–Kier alpha value is -1.06. The molecule has 1 unspecified atom stereocenters. The Kier molecular flexibility index (Phi) is 3.69. The van der Waals surface area contributed by atoms with E-state index in [0.717, 1.165) is 17.9 Å². The summed E-state index contributed by atoms with van der Waals surface area (Å²) in [7, 11) is 0. The Morgan fingerprint density at radius 1 is 1.35 bits per heavy atom. The van der Waals surface area contributed by atoms with Gasteiger partial charge in [-0.1, -0.05) is 19.1 Å². The predicted molar refractivity (Wildman–Crippen MR) is 68.2 cm³/mol. The predicted octanol–water partition coefficient (Wildman–Crippen LogP) is 2.04. The molecule has 0 aliphatic heterocycles. The van der Waals surface area contributed by atoms with E-state index >= 15 is 0 Å². The van der Waals surface area contributed by atoms with Gasteiger partial charge in [0.05, 0.1) is 11.7 Å². The Labute approximate surface area is 103 Å². The zero-order valence-corrected chi connectivity index (χ0v) is 10.6. The van der Waals surface area contributed by atoms with Gasteiger partial charge in [0.1, 0.15) is 5.75 Å². The van der Waals surface area contributed by atoms with Crippen LogP contribution in [-0.2, 0) is 5.60 Å². The van der Waals surface area contributed by atoms with Crippen LogP contribution in [0.4, 0.5) is 0 Å². The van der Waals surface area contributed by atoms with E-state index in [1.54, 1.807) is 0 Å². The van der Waals surface area contributed by atoms with E-state index < -0.39 is 5.60 Å². The van der Waals surface area contributed by atoms with Gasteiger partial charge in [0.15, 0.2) is 0 Å². The van der Waals surface area contributed by atoms with Crippen LogP contribution in [0.25, 0.3) is 0 Å². The maximum absolute atomic E-state index is 10.3. The topological polar surface area (TPSA) is 41.5 Å². The average molecular weight is 235 g/mol. The summed E-state index contributed by atoms with van der Waals surface area (Å²) in [5.74, 6) is 0.899. The minimum atomic E-state index is -0.825. The van der Waals surface area contributed by atoms with Crippen LogP contribution in [0.15, 0.2) is 24.3 Å². The minimum absolute atomic E-state index is 0.420. The Morgan fingerprint density at radius 3 is 2.53 bits per heavy atom. The summed E-state index contributed by atoms with van der Waals surface area (Å²) in [6.07, 6.45) is 2.75. The first kappa shape index (κ1) is 12.4. The fraction of sp³-hybridized carbons (Fsp3) is 0.571. The molecule has 2 N–H and O–H groups in total. The van der Waals surface area contributed by atoms with Crippen LogP contribution in [0.2, 0.25) is 0 Å². The van der Waals surface area contributed by atoms with Crippen molar-refractivity contribution in [1.29, 1.82) is 0 Å². The molecule has 2 rings (SSSR count). The quantitative estimate of drug-likeness (QED) is 0.793. The van der Waals surface area contributed by atoms with E-state index in [-0.39, 0.29) is 0 Å². The highest BCUT2D eigenvalue weighted by molar-refractivity contribution is 5.31. The molecule has 3 heteroatoms. The molecule has 0 bridgehead atoms. The Morgan fingerprint density at radius 2 is 2.00 bits per heavy atom. The van der Waals surface area contributed by atoms with Crippen LogP contribution in [0.5, 0.6) is 5.75 Å². The Bertz CT molecular complexity index is 355. The molecule has 0 radical (unpaired) electrons. The van der Waals surface area contributed by atoms with E-state index in [1.165, 1.54) is 12.8 Å². The lowest BCUT2D eigenvalue weighted by atomic mass is 9.96. The number of aliphatic hydroxyl groups is 1. The zero-order valence-electron chi connectivity index (χ0n) is 10.6. The first-order chi connectivity index (χ1) is 8.12. The number of ether oxygens (including phenoxy) is 1. The fourth-order valence-corrected chi connectivity index (χ4v) is 1.74. The number of benzene rings is 1. The molecular weight excluding hydrogens is 214 g/mol. The van der Waals surface area contributed by atoms with E-state index in [4.69, 9.17) is 4.74 Å². The number of nitrogens with one attached hydrogen (secondary N) is 1. The molecule has 1 saturated carbocycles. The van der Waals surface area contributed by atoms with Crippen LogP contribution in [0.1, 0.15) is 32.3 Å². The van der Waals surface area contributed by atoms with Crippen molar-refractivity contribution in [3.8, 4) is 5.75 Å². The van der Waals surface area contributed by atoms with Gasteiger partial charge in [0.25, 0.3) is 0 Å². The summed E-state index contributed by atoms with van der Waals surface area (Å²) in [5, 5.41) is 13.5. The average Bonchev–Trinajstić information content (AvgIpc) is 3.11. The summed E-state index contributed by atoms with van der Waals surface area (Å²) < 4.78 is 5.68. The van der Waals surface area contributed by atoms with Gasteiger partial charge in [-0.25, -0.2) is 0 Å². The standard InChI is InChI=1S/C14H21NO2/c1-3-15-10-14(2,16)11-4-6-12(7-5-11)17-13-8-9-13/h4-7,13,15-16H,3,8-10H2,1-2H3. The lowest BCUT2D eigenvalue weighted by Gasteiger charge is -2.24. The number of likely N-dealkylation sites (N-methyl/N-ethyl adjacent to an activating group) is 1. The first-order valence-electron chi connectivity index (χ1n) is 6.32. The molecule has 0 spiro atoms. The van der Waals surface area contributed by atoms with Crippen LogP contribution in [-0.4, -0.2) is 24.3 Å². The molecule has 0 amide bonds. The van der Waals surface area contributed by atoms with Crippen molar-refractivity contribution in [3.05, 3.63) is 29.8 Å². The third-order valence-electron chi connectivity index (χ3n) is 3.02. The molecule has 1 fully saturated rings. The number of hydrogen-bond acceptors (Lipinski definition) is 3. The van der Waals surface area contributed by atoms with Crippen molar-refractivity contribution < 1.29 is 9.84 Å². The number of rotatable bonds is 6. The van der Waals surface area contributed by atoms with E-state index in [9.17, 15) is 5.11 Å². The zero-order chi connectivity index (χ0) is 12.3. The second kappa shape index (κ2) is 5.07. The smallest absolute Gasteiger partial charge is 0.119 e. The van der Waals surface area contributed by atoms with Gasteiger partial charge < -0.3 is 15.2 Å². The molecule has 0 saturated heterocycles. The summed E-state index contributed by atoms with van der Waals surface area (Å²) in [6.45, 7) is 5.28. The SMILES string of the molecule is CCNCC(C)(O)c1ccc(OC2CC2)cc1. The van der Waals surface area contributed by atoms with E-state index in [0.29, 0.717) is 12.6 Å². The maximum Gasteiger partial charge on any atom is 0.119 e. The van der Waals surface area contributed by atoms with Gasteiger partial charge in [-0.15, -0.1) is 0 Å². The third kappa shape index (κ3) is 3.45. The summed E-state index contributed by atoms with van der Waals surface area (Å²) in [5.41, 5.74) is 0.0929. The normalized spacial score (nSPS) is 18.8. The van der Waals surface area contributed by atoms with Gasteiger partial charge in [-0.2, -0.15) is 0 Å². The summed E-state index contributed by atoms with van der Waals surface area (Å²) in [4.78, 5) is 0. The van der Waals surface area contributed by atoms with Gasteiger partial charge in [0, 0.05) is 6.54 Å². The van der Waals surface area contributed by atoms with Gasteiger partial charge in [0.2, 0.25) is 0 Å². The molecular formula is C14H21NO2. The highest BCUT2D eigenvalue weighted by Gasteiger charge is 2.25. The molecule has 0 heterocycles. The molecule has 17 heavy (non-hydrogen) atoms. The van der Waals surface area contributed by atoms with Crippen molar-refractivity contribution in [2.24, 2.45) is 0 Å². The maximum atomic E-state index is 10.3. The van der Waals surface area contributed by atoms with Crippen molar-refractivity contribution in [1.82, 2.24) is 5.32 Å². The van der Waals surface area contributed by atoms with Gasteiger partial charge >= 0.3 is 0 Å². The minimum Gasteiger partial charge on any atom is -0.490 e. The van der Waals surface area contributed by atoms with Crippen molar-refractivity contribution >= 4 is 0 Å². The lowest BCUT2D eigenvalue weighted by Crippen LogP contribution is -2.35. The van der Waals surface area contributed by atoms with E-state index in [2.05, 4.69) is 5.32 Å². The highest BCUT2D eigenvalue weighted by Crippen LogP contribution is 2.28. The van der Waals surface area contributed by atoms with Crippen molar-refractivity contribution in [3.63, 3.8) is 0 Å². The molecule has 1 aromatic carbocycles. The van der Waals surface area contributed by atoms with Crippen LogP contribution < -0.4 is 10.1 Å². The fourth-order valence-electron chi connectivity index (χ4n) is 1.74. The monoisotopic (exact) mass is 235 g/mol. The van der Waals surface area contributed by atoms with Crippen LogP contribution in [0.3, 0.4) is 0 Å². The lowest BCUT2D eigenvalue weighted by molar-refractivity contribution is 0.0575.